The lowest BCUT2D eigenvalue weighted by molar-refractivity contribution is 0.0607. The van der Waals surface area contributed by atoms with Gasteiger partial charge in [-0.1, -0.05) is 5.16 Å². The molecule has 0 radical (unpaired) electrons. The van der Waals surface area contributed by atoms with Gasteiger partial charge in [0.15, 0.2) is 5.82 Å². The first-order valence-electron chi connectivity index (χ1n) is 6.14. The fourth-order valence-electron chi connectivity index (χ4n) is 1.72. The van der Waals surface area contributed by atoms with Crippen molar-refractivity contribution in [1.29, 1.82) is 0 Å². The van der Waals surface area contributed by atoms with Gasteiger partial charge in [0, 0.05) is 19.9 Å². The number of thioether (sulfide) groups is 1. The Balaban J connectivity index is 2.07. The Bertz CT molecular complexity index is 638. The summed E-state index contributed by atoms with van der Waals surface area (Å²) in [4.78, 5) is 17.1. The van der Waals surface area contributed by atoms with Crippen LogP contribution in [0, 0.1) is 6.92 Å². The van der Waals surface area contributed by atoms with Gasteiger partial charge in [-0.2, -0.15) is 4.98 Å². The van der Waals surface area contributed by atoms with E-state index in [1.54, 1.807) is 6.92 Å². The molecule has 2 aromatic heterocycles. The van der Waals surface area contributed by atoms with E-state index in [1.165, 1.54) is 30.2 Å². The van der Waals surface area contributed by atoms with Crippen molar-refractivity contribution in [2.75, 3.05) is 31.0 Å². The normalized spacial score (nSPS) is 10.6. The number of methoxy groups -OCH3 is 1. The molecular weight excluding hydrogens is 312 g/mol. The molecule has 0 bridgehead atoms. The van der Waals surface area contributed by atoms with E-state index in [0.717, 1.165) is 9.90 Å². The molecule has 0 spiro atoms. The summed E-state index contributed by atoms with van der Waals surface area (Å²) in [7, 11) is 1.34. The van der Waals surface area contributed by atoms with Crippen molar-refractivity contribution in [2.45, 2.75) is 18.2 Å². The van der Waals surface area contributed by atoms with Gasteiger partial charge in [-0.05, 0) is 6.26 Å². The molecule has 0 fully saturated rings. The van der Waals surface area contributed by atoms with Gasteiger partial charge in [-0.3, -0.25) is 0 Å². The molecule has 21 heavy (non-hydrogen) atoms. The van der Waals surface area contributed by atoms with E-state index >= 15 is 0 Å². The zero-order valence-corrected chi connectivity index (χ0v) is 13.6. The van der Waals surface area contributed by atoms with Crippen LogP contribution >= 0.6 is 23.1 Å². The molecule has 2 rings (SSSR count). The number of nitrogen functional groups attached to an aromatic ring is 1. The smallest absolute Gasteiger partial charge is 0.350 e. The molecule has 0 aliphatic heterocycles. The minimum Gasteiger partial charge on any atom is -0.465 e. The number of nitrogens with two attached hydrogens (primary N) is 1. The Morgan fingerprint density at radius 2 is 2.33 bits per heavy atom. The number of nitrogens with zero attached hydrogens (tertiary/aromatic N) is 2. The van der Waals surface area contributed by atoms with Crippen LogP contribution in [0.1, 0.15) is 21.4 Å². The van der Waals surface area contributed by atoms with E-state index in [0.29, 0.717) is 35.2 Å². The van der Waals surface area contributed by atoms with Gasteiger partial charge < -0.3 is 20.3 Å². The number of rotatable bonds is 6. The van der Waals surface area contributed by atoms with Gasteiger partial charge in [-0.25, -0.2) is 4.79 Å². The quantitative estimate of drug-likeness (QED) is 0.614. The molecule has 3 N–H and O–H groups in total. The molecule has 0 aromatic carbocycles. The van der Waals surface area contributed by atoms with Gasteiger partial charge in [0.05, 0.1) is 17.7 Å². The lowest BCUT2D eigenvalue weighted by Gasteiger charge is -2.04. The van der Waals surface area contributed by atoms with Gasteiger partial charge in [0.25, 0.3) is 0 Å². The molecule has 7 nitrogen and oxygen atoms in total. The Morgan fingerprint density at radius 1 is 1.57 bits per heavy atom. The van der Waals surface area contributed by atoms with E-state index in [9.17, 15) is 4.79 Å². The summed E-state index contributed by atoms with van der Waals surface area (Å²) in [5.74, 6) is 0.765. The minimum absolute atomic E-state index is 0.416. The number of aromatic nitrogens is 2. The second-order valence-corrected chi connectivity index (χ2v) is 5.94. The van der Waals surface area contributed by atoms with E-state index in [4.69, 9.17) is 15.0 Å². The van der Waals surface area contributed by atoms with Crippen molar-refractivity contribution in [3.05, 3.63) is 16.6 Å². The van der Waals surface area contributed by atoms with E-state index < -0.39 is 5.97 Å². The largest absolute Gasteiger partial charge is 0.465 e. The fraction of sp³-hybridized carbons (Fsp3) is 0.417. The summed E-state index contributed by atoms with van der Waals surface area (Å²) in [6, 6.07) is 0. The second kappa shape index (κ2) is 6.81. The topological polar surface area (TPSA) is 103 Å². The van der Waals surface area contributed by atoms with Crippen molar-refractivity contribution in [3.63, 3.8) is 0 Å². The molecule has 9 heteroatoms. The fourth-order valence-corrected chi connectivity index (χ4v) is 3.70. The third-order valence-electron chi connectivity index (χ3n) is 2.68. The number of thiophene rings is 1. The highest BCUT2D eigenvalue weighted by Gasteiger charge is 2.21. The first-order valence-corrected chi connectivity index (χ1v) is 8.18. The maximum absolute atomic E-state index is 11.7. The van der Waals surface area contributed by atoms with Crippen molar-refractivity contribution < 1.29 is 14.1 Å². The predicted octanol–water partition coefficient (Wildman–Crippen LogP) is 2.18. The zero-order chi connectivity index (χ0) is 15.4. The van der Waals surface area contributed by atoms with Crippen molar-refractivity contribution in [2.24, 2.45) is 0 Å². The van der Waals surface area contributed by atoms with Crippen LogP contribution in [0.25, 0.3) is 0 Å². The van der Waals surface area contributed by atoms with Crippen LogP contribution in [0.3, 0.4) is 0 Å². The first-order chi connectivity index (χ1) is 10.1. The van der Waals surface area contributed by atoms with Crippen LogP contribution in [0.5, 0.6) is 0 Å². The maximum Gasteiger partial charge on any atom is 0.350 e. The molecule has 0 unspecified atom stereocenters. The molecule has 2 aromatic rings. The number of hydrogen-bond donors (Lipinski definition) is 2. The summed E-state index contributed by atoms with van der Waals surface area (Å²) in [5.41, 5.74) is 6.44. The van der Waals surface area contributed by atoms with Crippen LogP contribution in [0.2, 0.25) is 0 Å². The number of carbonyl (C=O) groups is 1. The van der Waals surface area contributed by atoms with Gasteiger partial charge in [0.2, 0.25) is 5.89 Å². The number of aryl methyl sites for hydroxylation is 1. The average molecular weight is 328 g/mol. The maximum atomic E-state index is 11.7. The summed E-state index contributed by atoms with van der Waals surface area (Å²) < 4.78 is 9.64. The third-order valence-corrected chi connectivity index (χ3v) is 4.78. The van der Waals surface area contributed by atoms with E-state index in [2.05, 4.69) is 15.5 Å². The Labute approximate surface area is 130 Å². The first kappa shape index (κ1) is 15.6. The van der Waals surface area contributed by atoms with Crippen LogP contribution in [0.15, 0.2) is 9.42 Å². The highest BCUT2D eigenvalue weighted by atomic mass is 32.2. The van der Waals surface area contributed by atoms with Crippen LogP contribution < -0.4 is 11.1 Å². The SMILES string of the molecule is COC(=O)c1sc(NCCc2noc(C)n2)c(SC)c1N. The highest BCUT2D eigenvalue weighted by Crippen LogP contribution is 2.41. The van der Waals surface area contributed by atoms with Crippen LogP contribution in [-0.4, -0.2) is 36.0 Å². The molecule has 0 atom stereocenters. The van der Waals surface area contributed by atoms with Gasteiger partial charge >= 0.3 is 5.97 Å². The molecule has 0 saturated heterocycles. The minimum atomic E-state index is -0.422. The van der Waals surface area contributed by atoms with Crippen molar-refractivity contribution in [1.82, 2.24) is 10.1 Å². The molecule has 0 aliphatic rings. The number of ether oxygens (including phenoxy) is 1. The summed E-state index contributed by atoms with van der Waals surface area (Å²) in [5, 5.41) is 7.93. The zero-order valence-electron chi connectivity index (χ0n) is 11.9. The second-order valence-electron chi connectivity index (χ2n) is 4.11. The molecule has 0 saturated carbocycles. The van der Waals surface area contributed by atoms with E-state index in [-0.39, 0.29) is 0 Å². The molecular formula is C12H16N4O3S2. The number of hydrogen-bond acceptors (Lipinski definition) is 9. The van der Waals surface area contributed by atoms with Crippen molar-refractivity contribution in [3.8, 4) is 0 Å². The lowest BCUT2D eigenvalue weighted by Crippen LogP contribution is -2.05. The van der Waals surface area contributed by atoms with E-state index in [1.807, 2.05) is 6.26 Å². The summed E-state index contributed by atoms with van der Waals surface area (Å²) in [6.45, 7) is 2.37. The van der Waals surface area contributed by atoms with Crippen LogP contribution in [-0.2, 0) is 11.2 Å². The predicted molar refractivity (Wildman–Crippen MR) is 83.1 cm³/mol. The Morgan fingerprint density at radius 3 is 2.90 bits per heavy atom. The average Bonchev–Trinajstić information content (AvgIpc) is 3.02. The van der Waals surface area contributed by atoms with Gasteiger partial charge in [-0.15, -0.1) is 23.1 Å². The Hall–Kier alpha value is -1.74. The lowest BCUT2D eigenvalue weighted by atomic mass is 10.4. The number of anilines is 2. The van der Waals surface area contributed by atoms with Crippen molar-refractivity contribution >= 4 is 39.8 Å². The highest BCUT2D eigenvalue weighted by molar-refractivity contribution is 7.99. The third kappa shape index (κ3) is 3.48. The summed E-state index contributed by atoms with van der Waals surface area (Å²) in [6.07, 6.45) is 2.53. The number of esters is 1. The molecule has 114 valence electrons. The summed E-state index contributed by atoms with van der Waals surface area (Å²) >= 11 is 2.77. The van der Waals surface area contributed by atoms with Gasteiger partial charge in [0.1, 0.15) is 9.88 Å². The monoisotopic (exact) mass is 328 g/mol. The van der Waals surface area contributed by atoms with Crippen LogP contribution in [0.4, 0.5) is 10.7 Å². The molecule has 0 amide bonds. The Kier molecular flexibility index (Phi) is 5.07. The number of carbonyl (C=O) groups excluding carboxylic acids is 1. The molecule has 2 heterocycles. The number of nitrogens with one attached hydrogen (secondary N) is 1. The standard InChI is InChI=1S/C12H16N4O3S2/c1-6-15-7(16-19-6)4-5-14-11-9(20-3)8(13)10(21-11)12(17)18-2/h14H,4-5,13H2,1-3H3. The molecule has 0 aliphatic carbocycles.